The molecule has 0 aromatic heterocycles. The van der Waals surface area contributed by atoms with Crippen molar-refractivity contribution < 1.29 is 32.0 Å². The molecule has 2 bridgehead atoms. The lowest BCUT2D eigenvalue weighted by atomic mass is 9.97. The summed E-state index contributed by atoms with van der Waals surface area (Å²) in [6.07, 6.45) is -4.81. The molecule has 4 unspecified atom stereocenters. The smallest absolute Gasteiger partial charge is 0.293 e. The van der Waals surface area contributed by atoms with Crippen molar-refractivity contribution in [3.8, 4) is 6.07 Å². The number of urea groups is 1. The maximum absolute atomic E-state index is 13.4. The monoisotopic (exact) mass is 407 g/mol. The fourth-order valence-electron chi connectivity index (χ4n) is 4.69. The maximum Gasteiger partial charge on any atom is 0.433 e. The van der Waals surface area contributed by atoms with Gasteiger partial charge in [-0.05, 0) is 18.2 Å². The molecule has 4 rings (SSSR count). The molecule has 10 heteroatoms. The van der Waals surface area contributed by atoms with Crippen LogP contribution in [0.1, 0.15) is 25.0 Å². The lowest BCUT2D eigenvalue weighted by molar-refractivity contribution is -0.853. The lowest BCUT2D eigenvalue weighted by Crippen LogP contribution is -2.63. The van der Waals surface area contributed by atoms with E-state index < -0.39 is 41.3 Å². The minimum Gasteiger partial charge on any atom is -0.293 e. The molecule has 3 aliphatic heterocycles. The number of hydrogen-bond donors (Lipinski definition) is 0. The molecule has 3 saturated heterocycles. The van der Waals surface area contributed by atoms with Crippen LogP contribution >= 0.6 is 0 Å². The number of imide groups is 1. The molecule has 3 heterocycles. The van der Waals surface area contributed by atoms with Crippen LogP contribution in [0.25, 0.3) is 0 Å². The Hall–Kier alpha value is -2.77. The molecule has 7 nitrogen and oxygen atoms in total. The topological polar surface area (TPSA) is 81.5 Å². The Morgan fingerprint density at radius 2 is 1.97 bits per heavy atom. The summed E-state index contributed by atoms with van der Waals surface area (Å²) in [5.41, 5.74) is -2.03. The molecule has 0 saturated carbocycles. The van der Waals surface area contributed by atoms with E-state index in [9.17, 15) is 27.6 Å². The summed E-state index contributed by atoms with van der Waals surface area (Å²) >= 11 is 0. The summed E-state index contributed by atoms with van der Waals surface area (Å²) in [6.45, 7) is 4.26. The second-order valence-electron chi connectivity index (χ2n) is 7.99. The highest BCUT2D eigenvalue weighted by atomic mass is 19.4. The molecule has 3 aliphatic rings. The standard InChI is InChI=1S/C19H18F3N4O3/c1-10(2)16(27)14-7-24-8-15-17(28)25(18(29)26(14,15)9-24)12-4-3-11(6-23)13(5-12)19(20,21)22/h3-5,10,14-15H,7-9H2,1-2H3/q+1. The highest BCUT2D eigenvalue weighted by molar-refractivity contribution is 6.18. The van der Waals surface area contributed by atoms with Crippen LogP contribution in [0.15, 0.2) is 18.2 Å². The van der Waals surface area contributed by atoms with Crippen molar-refractivity contribution in [1.82, 2.24) is 4.90 Å². The molecule has 1 spiro atoms. The maximum atomic E-state index is 13.4. The number of benzene rings is 1. The molecule has 0 N–H and O–H groups in total. The number of amides is 3. The van der Waals surface area contributed by atoms with E-state index in [-0.39, 0.29) is 35.1 Å². The van der Waals surface area contributed by atoms with Crippen LogP contribution in [-0.2, 0) is 15.8 Å². The fraction of sp³-hybridized carbons (Fsp3) is 0.474. The summed E-state index contributed by atoms with van der Waals surface area (Å²) < 4.78 is 39.6. The van der Waals surface area contributed by atoms with Crippen molar-refractivity contribution >= 4 is 23.4 Å². The second-order valence-corrected chi connectivity index (χ2v) is 7.99. The van der Waals surface area contributed by atoms with Gasteiger partial charge in [-0.3, -0.25) is 9.59 Å². The first-order valence-corrected chi connectivity index (χ1v) is 9.15. The van der Waals surface area contributed by atoms with Gasteiger partial charge in [0, 0.05) is 5.92 Å². The van der Waals surface area contributed by atoms with E-state index in [4.69, 9.17) is 5.26 Å². The zero-order valence-electron chi connectivity index (χ0n) is 15.7. The van der Waals surface area contributed by atoms with Crippen molar-refractivity contribution in [3.05, 3.63) is 29.3 Å². The number of rotatable bonds is 3. The van der Waals surface area contributed by atoms with E-state index >= 15 is 0 Å². The second kappa shape index (κ2) is 6.11. The number of fused-ring (bicyclic) bond motifs is 1. The number of anilines is 1. The first-order valence-electron chi connectivity index (χ1n) is 9.15. The van der Waals surface area contributed by atoms with Gasteiger partial charge in [-0.25, -0.2) is 14.2 Å². The summed E-state index contributed by atoms with van der Waals surface area (Å²) in [4.78, 5) is 41.8. The molecule has 3 fully saturated rings. The number of carbonyl (C=O) groups is 3. The number of ketones is 1. The van der Waals surface area contributed by atoms with Crippen molar-refractivity contribution in [1.29, 1.82) is 5.26 Å². The minimum absolute atomic E-state index is 0.143. The predicted molar refractivity (Wildman–Crippen MR) is 93.2 cm³/mol. The quantitative estimate of drug-likeness (QED) is 0.566. The highest BCUT2D eigenvalue weighted by Crippen LogP contribution is 2.45. The third-order valence-corrected chi connectivity index (χ3v) is 6.05. The summed E-state index contributed by atoms with van der Waals surface area (Å²) in [7, 11) is 0. The van der Waals surface area contributed by atoms with Crippen LogP contribution in [0.3, 0.4) is 0 Å². The molecule has 0 radical (unpaired) electrons. The predicted octanol–water partition coefficient (Wildman–Crippen LogP) is 2.11. The van der Waals surface area contributed by atoms with Crippen LogP contribution in [0.2, 0.25) is 0 Å². The highest BCUT2D eigenvalue weighted by Gasteiger charge is 2.73. The molecule has 152 valence electrons. The first kappa shape index (κ1) is 19.5. The van der Waals surface area contributed by atoms with E-state index in [1.165, 1.54) is 6.07 Å². The number of alkyl halides is 3. The molecular formula is C19H18F3N4O3+. The van der Waals surface area contributed by atoms with E-state index in [1.54, 1.807) is 13.8 Å². The number of quaternary nitrogens is 1. The zero-order chi connectivity index (χ0) is 21.3. The fourth-order valence-corrected chi connectivity index (χ4v) is 4.69. The summed E-state index contributed by atoms with van der Waals surface area (Å²) in [5, 5.41) is 8.96. The van der Waals surface area contributed by atoms with Crippen molar-refractivity contribution in [2.75, 3.05) is 24.7 Å². The first-order chi connectivity index (χ1) is 13.5. The SMILES string of the molecule is CC(C)C(=O)C1CN2CC3C(=O)N(c4ccc(C#N)c(C(F)(F)F)c4)C(=O)[N+]13C2. The molecular weight excluding hydrogens is 389 g/mol. The lowest BCUT2D eigenvalue weighted by Gasteiger charge is -2.33. The Kier molecular flexibility index (Phi) is 4.12. The minimum atomic E-state index is -4.81. The van der Waals surface area contributed by atoms with Gasteiger partial charge in [0.05, 0.1) is 36.0 Å². The molecule has 29 heavy (non-hydrogen) atoms. The molecule has 4 atom stereocenters. The Labute approximate surface area is 164 Å². The third kappa shape index (κ3) is 2.54. The third-order valence-electron chi connectivity index (χ3n) is 6.05. The molecule has 0 aliphatic carbocycles. The van der Waals surface area contributed by atoms with Gasteiger partial charge in [0.1, 0.15) is 6.67 Å². The van der Waals surface area contributed by atoms with Crippen molar-refractivity contribution in [2.45, 2.75) is 32.1 Å². The number of Topliss-reactive ketones (excluding diaryl/α,β-unsaturated/α-hetero) is 1. The Morgan fingerprint density at radius 1 is 1.28 bits per heavy atom. The number of nitrogens with zero attached hydrogens (tertiary/aromatic N) is 4. The van der Waals surface area contributed by atoms with Crippen molar-refractivity contribution in [2.24, 2.45) is 5.92 Å². The average molecular weight is 407 g/mol. The number of piperazine rings is 1. The van der Waals surface area contributed by atoms with Crippen LogP contribution in [-0.4, -0.2) is 58.9 Å². The average Bonchev–Trinajstić information content (AvgIpc) is 3.28. The van der Waals surface area contributed by atoms with Gasteiger partial charge in [-0.2, -0.15) is 23.3 Å². The van der Waals surface area contributed by atoms with Crippen LogP contribution in [0.5, 0.6) is 0 Å². The molecule has 1 aromatic carbocycles. The van der Waals surface area contributed by atoms with E-state index in [0.717, 1.165) is 17.0 Å². The van der Waals surface area contributed by atoms with Gasteiger partial charge in [0.15, 0.2) is 17.9 Å². The number of halogens is 3. The number of carbonyl (C=O) groups excluding carboxylic acids is 3. The Bertz CT molecular complexity index is 984. The zero-order valence-corrected chi connectivity index (χ0v) is 15.7. The largest absolute Gasteiger partial charge is 0.433 e. The van der Waals surface area contributed by atoms with Gasteiger partial charge >= 0.3 is 12.2 Å². The van der Waals surface area contributed by atoms with E-state index in [1.807, 2.05) is 4.90 Å². The Morgan fingerprint density at radius 3 is 2.55 bits per heavy atom. The van der Waals surface area contributed by atoms with E-state index in [2.05, 4.69) is 0 Å². The van der Waals surface area contributed by atoms with Gasteiger partial charge in [0.2, 0.25) is 0 Å². The van der Waals surface area contributed by atoms with Crippen LogP contribution in [0.4, 0.5) is 23.7 Å². The normalized spacial score (nSPS) is 30.8. The number of hydrogen-bond acceptors (Lipinski definition) is 5. The van der Waals surface area contributed by atoms with Gasteiger partial charge in [-0.15, -0.1) is 0 Å². The van der Waals surface area contributed by atoms with E-state index in [0.29, 0.717) is 12.6 Å². The summed E-state index contributed by atoms with van der Waals surface area (Å²) in [5.74, 6) is -1.09. The van der Waals surface area contributed by atoms with Crippen LogP contribution < -0.4 is 4.90 Å². The van der Waals surface area contributed by atoms with Crippen molar-refractivity contribution in [3.63, 3.8) is 0 Å². The Balaban J connectivity index is 1.79. The molecule has 1 aromatic rings. The van der Waals surface area contributed by atoms with Crippen LogP contribution in [0, 0.1) is 17.2 Å². The molecule has 3 amide bonds. The van der Waals surface area contributed by atoms with Gasteiger partial charge in [0.25, 0.3) is 5.91 Å². The summed E-state index contributed by atoms with van der Waals surface area (Å²) in [6, 6.07) is 2.04. The van der Waals surface area contributed by atoms with Gasteiger partial charge in [-0.1, -0.05) is 13.8 Å². The van der Waals surface area contributed by atoms with Gasteiger partial charge < -0.3 is 0 Å². The number of nitriles is 1.